The standard InChI is InChI=1S/C13H24N2O/c16-13-5-1-4-12(13)14-10-6-8-15-7-2-3-11(15)9-10/h10-14,16H,1-9H2. The zero-order valence-corrected chi connectivity index (χ0v) is 10.1. The van der Waals surface area contributed by atoms with Crippen molar-refractivity contribution in [1.29, 1.82) is 0 Å². The van der Waals surface area contributed by atoms with Gasteiger partial charge in [0.15, 0.2) is 0 Å². The van der Waals surface area contributed by atoms with E-state index in [1.165, 1.54) is 51.6 Å². The molecule has 16 heavy (non-hydrogen) atoms. The molecule has 3 fully saturated rings. The lowest BCUT2D eigenvalue weighted by atomic mass is 9.96. The maximum atomic E-state index is 9.83. The topological polar surface area (TPSA) is 35.5 Å². The Balaban J connectivity index is 1.52. The maximum Gasteiger partial charge on any atom is 0.0693 e. The summed E-state index contributed by atoms with van der Waals surface area (Å²) in [6.07, 6.45) is 8.66. The molecule has 0 bridgehead atoms. The highest BCUT2D eigenvalue weighted by Crippen LogP contribution is 2.28. The fourth-order valence-electron chi connectivity index (χ4n) is 3.81. The lowest BCUT2D eigenvalue weighted by Gasteiger charge is -2.37. The summed E-state index contributed by atoms with van der Waals surface area (Å²) >= 11 is 0. The van der Waals surface area contributed by atoms with Gasteiger partial charge in [0.05, 0.1) is 6.10 Å². The van der Waals surface area contributed by atoms with Gasteiger partial charge in [-0.15, -0.1) is 0 Å². The van der Waals surface area contributed by atoms with Crippen LogP contribution in [-0.2, 0) is 0 Å². The zero-order valence-electron chi connectivity index (χ0n) is 10.1. The van der Waals surface area contributed by atoms with Crippen LogP contribution in [0.4, 0.5) is 0 Å². The van der Waals surface area contributed by atoms with E-state index in [0.29, 0.717) is 12.1 Å². The molecular formula is C13H24N2O. The summed E-state index contributed by atoms with van der Waals surface area (Å²) in [5.41, 5.74) is 0. The minimum Gasteiger partial charge on any atom is -0.392 e. The smallest absolute Gasteiger partial charge is 0.0693 e. The summed E-state index contributed by atoms with van der Waals surface area (Å²) in [5, 5.41) is 13.5. The molecule has 0 aromatic rings. The molecule has 2 N–H and O–H groups in total. The van der Waals surface area contributed by atoms with E-state index in [2.05, 4.69) is 10.2 Å². The summed E-state index contributed by atoms with van der Waals surface area (Å²) in [7, 11) is 0. The quantitative estimate of drug-likeness (QED) is 0.738. The van der Waals surface area contributed by atoms with E-state index in [0.717, 1.165) is 12.5 Å². The van der Waals surface area contributed by atoms with E-state index in [1.54, 1.807) is 0 Å². The first kappa shape index (κ1) is 11.0. The third-order valence-corrected chi connectivity index (χ3v) is 4.75. The lowest BCUT2D eigenvalue weighted by Crippen LogP contribution is -2.50. The Hall–Kier alpha value is -0.120. The molecule has 4 atom stereocenters. The average molecular weight is 224 g/mol. The highest BCUT2D eigenvalue weighted by molar-refractivity contribution is 4.92. The van der Waals surface area contributed by atoms with Crippen molar-refractivity contribution in [2.75, 3.05) is 13.1 Å². The summed E-state index contributed by atoms with van der Waals surface area (Å²) in [4.78, 5) is 2.66. The van der Waals surface area contributed by atoms with Crippen molar-refractivity contribution < 1.29 is 5.11 Å². The van der Waals surface area contributed by atoms with Crippen LogP contribution in [0, 0.1) is 0 Å². The van der Waals surface area contributed by atoms with Gasteiger partial charge in [-0.25, -0.2) is 0 Å². The van der Waals surface area contributed by atoms with Gasteiger partial charge in [-0.05, 0) is 58.0 Å². The van der Waals surface area contributed by atoms with Gasteiger partial charge >= 0.3 is 0 Å². The molecule has 0 radical (unpaired) electrons. The monoisotopic (exact) mass is 224 g/mol. The molecule has 3 aliphatic rings. The van der Waals surface area contributed by atoms with Gasteiger partial charge in [0.25, 0.3) is 0 Å². The van der Waals surface area contributed by atoms with Gasteiger partial charge in [0, 0.05) is 18.1 Å². The Morgan fingerprint density at radius 1 is 1.00 bits per heavy atom. The number of fused-ring (bicyclic) bond motifs is 1. The Labute approximate surface area is 98.2 Å². The minimum atomic E-state index is -0.0818. The van der Waals surface area contributed by atoms with Crippen molar-refractivity contribution in [3.05, 3.63) is 0 Å². The molecule has 92 valence electrons. The molecule has 1 saturated carbocycles. The Morgan fingerprint density at radius 2 is 1.94 bits per heavy atom. The molecule has 2 saturated heterocycles. The molecule has 0 aromatic carbocycles. The Bertz CT molecular complexity index is 246. The highest BCUT2D eigenvalue weighted by atomic mass is 16.3. The number of nitrogens with zero attached hydrogens (tertiary/aromatic N) is 1. The third kappa shape index (κ3) is 2.13. The number of hydrogen-bond donors (Lipinski definition) is 2. The number of aliphatic hydroxyl groups is 1. The van der Waals surface area contributed by atoms with E-state index in [9.17, 15) is 5.11 Å². The Morgan fingerprint density at radius 3 is 2.75 bits per heavy atom. The van der Waals surface area contributed by atoms with Crippen LogP contribution in [-0.4, -0.2) is 47.3 Å². The first-order valence-electron chi connectivity index (χ1n) is 7.01. The van der Waals surface area contributed by atoms with E-state index < -0.39 is 0 Å². The third-order valence-electron chi connectivity index (χ3n) is 4.75. The second-order valence-electron chi connectivity index (χ2n) is 5.82. The summed E-state index contributed by atoms with van der Waals surface area (Å²) < 4.78 is 0. The van der Waals surface area contributed by atoms with Crippen LogP contribution in [0.3, 0.4) is 0 Å². The molecule has 3 heteroatoms. The molecule has 1 aliphatic carbocycles. The number of nitrogens with one attached hydrogen (secondary N) is 1. The van der Waals surface area contributed by atoms with Gasteiger partial charge < -0.3 is 15.3 Å². The van der Waals surface area contributed by atoms with Crippen LogP contribution >= 0.6 is 0 Å². The van der Waals surface area contributed by atoms with Gasteiger partial charge in [-0.2, -0.15) is 0 Å². The van der Waals surface area contributed by atoms with E-state index in [4.69, 9.17) is 0 Å². The minimum absolute atomic E-state index is 0.0818. The van der Waals surface area contributed by atoms with Crippen LogP contribution in [0.25, 0.3) is 0 Å². The second kappa shape index (κ2) is 4.63. The van der Waals surface area contributed by atoms with Crippen LogP contribution < -0.4 is 5.32 Å². The first-order valence-corrected chi connectivity index (χ1v) is 7.01. The van der Waals surface area contributed by atoms with Crippen molar-refractivity contribution in [3.63, 3.8) is 0 Å². The normalized spacial score (nSPS) is 44.8. The summed E-state index contributed by atoms with van der Waals surface area (Å²) in [6, 6.07) is 1.89. The van der Waals surface area contributed by atoms with Gasteiger partial charge in [-0.3, -0.25) is 0 Å². The SMILES string of the molecule is OC1CCCC1NC1CCN2CCCC2C1. The molecule has 0 aromatic heterocycles. The summed E-state index contributed by atoms with van der Waals surface area (Å²) in [6.45, 7) is 2.59. The molecule has 2 heterocycles. The number of rotatable bonds is 2. The van der Waals surface area contributed by atoms with Gasteiger partial charge in [0.1, 0.15) is 0 Å². The van der Waals surface area contributed by atoms with Crippen molar-refractivity contribution in [1.82, 2.24) is 10.2 Å². The molecule has 0 amide bonds. The molecular weight excluding hydrogens is 200 g/mol. The van der Waals surface area contributed by atoms with Crippen LogP contribution in [0.2, 0.25) is 0 Å². The molecule has 3 nitrogen and oxygen atoms in total. The number of piperidine rings is 1. The predicted octanol–water partition coefficient (Wildman–Crippen LogP) is 1.12. The fourth-order valence-corrected chi connectivity index (χ4v) is 3.81. The zero-order chi connectivity index (χ0) is 11.0. The number of hydrogen-bond acceptors (Lipinski definition) is 3. The largest absolute Gasteiger partial charge is 0.392 e. The molecule has 4 unspecified atom stereocenters. The molecule has 3 rings (SSSR count). The maximum absolute atomic E-state index is 9.83. The number of aliphatic hydroxyl groups excluding tert-OH is 1. The van der Waals surface area contributed by atoms with Crippen LogP contribution in [0.1, 0.15) is 44.9 Å². The fraction of sp³-hybridized carbons (Fsp3) is 1.00. The van der Waals surface area contributed by atoms with Gasteiger partial charge in [-0.1, -0.05) is 0 Å². The first-order chi connectivity index (χ1) is 7.83. The Kier molecular flexibility index (Phi) is 3.18. The molecule has 2 aliphatic heterocycles. The van der Waals surface area contributed by atoms with Crippen molar-refractivity contribution in [2.45, 2.75) is 69.2 Å². The van der Waals surface area contributed by atoms with E-state index in [-0.39, 0.29) is 6.10 Å². The molecule has 0 spiro atoms. The lowest BCUT2D eigenvalue weighted by molar-refractivity contribution is 0.117. The van der Waals surface area contributed by atoms with Crippen molar-refractivity contribution in [2.24, 2.45) is 0 Å². The van der Waals surface area contributed by atoms with Crippen LogP contribution in [0.15, 0.2) is 0 Å². The predicted molar refractivity (Wildman–Crippen MR) is 64.4 cm³/mol. The van der Waals surface area contributed by atoms with E-state index in [1.807, 2.05) is 0 Å². The van der Waals surface area contributed by atoms with Gasteiger partial charge in [0.2, 0.25) is 0 Å². The van der Waals surface area contributed by atoms with Crippen molar-refractivity contribution >= 4 is 0 Å². The van der Waals surface area contributed by atoms with E-state index >= 15 is 0 Å². The average Bonchev–Trinajstić information content (AvgIpc) is 2.88. The highest BCUT2D eigenvalue weighted by Gasteiger charge is 2.34. The van der Waals surface area contributed by atoms with Crippen molar-refractivity contribution in [3.8, 4) is 0 Å². The van der Waals surface area contributed by atoms with Crippen LogP contribution in [0.5, 0.6) is 0 Å². The summed E-state index contributed by atoms with van der Waals surface area (Å²) in [5.74, 6) is 0. The second-order valence-corrected chi connectivity index (χ2v) is 5.82.